The maximum Gasteiger partial charge on any atom is 0.255 e. The Hall–Kier alpha value is -1.65. The fourth-order valence-electron chi connectivity index (χ4n) is 4.55. The average molecular weight is 327 g/mol. The lowest BCUT2D eigenvalue weighted by atomic mass is 9.70. The Labute approximate surface area is 140 Å². The molecule has 1 N–H and O–H groups in total. The smallest absolute Gasteiger partial charge is 0.255 e. The number of thiophene rings is 1. The predicted molar refractivity (Wildman–Crippen MR) is 91.6 cm³/mol. The van der Waals surface area contributed by atoms with Crippen LogP contribution < -0.4 is 0 Å². The van der Waals surface area contributed by atoms with Gasteiger partial charge >= 0.3 is 0 Å². The van der Waals surface area contributed by atoms with Crippen LogP contribution >= 0.6 is 11.3 Å². The number of benzene rings is 1. The first-order valence-electron chi connectivity index (χ1n) is 8.23. The molecule has 3 nitrogen and oxygen atoms in total. The lowest BCUT2D eigenvalue weighted by Crippen LogP contribution is -2.43. The van der Waals surface area contributed by atoms with Crippen LogP contribution in [0.15, 0.2) is 47.2 Å². The van der Waals surface area contributed by atoms with Crippen LogP contribution in [0.4, 0.5) is 0 Å². The molecule has 2 aromatic rings. The number of carbonyl (C=O) groups excluding carboxylic acids is 1. The number of amides is 1. The second kappa shape index (κ2) is 5.77. The molecule has 3 atom stereocenters. The van der Waals surface area contributed by atoms with Gasteiger partial charge < -0.3 is 10.0 Å². The summed E-state index contributed by atoms with van der Waals surface area (Å²) >= 11 is 1.56. The van der Waals surface area contributed by atoms with E-state index in [0.717, 1.165) is 31.2 Å². The fourth-order valence-corrected chi connectivity index (χ4v) is 5.18. The van der Waals surface area contributed by atoms with Gasteiger partial charge in [-0.05, 0) is 42.7 Å². The summed E-state index contributed by atoms with van der Waals surface area (Å²) in [5, 5.41) is 14.1. The molecule has 0 unspecified atom stereocenters. The summed E-state index contributed by atoms with van der Waals surface area (Å²) in [6.45, 7) is 0.149. The van der Waals surface area contributed by atoms with Crippen molar-refractivity contribution in [1.29, 1.82) is 0 Å². The Balaban J connectivity index is 1.62. The number of rotatable bonds is 4. The summed E-state index contributed by atoms with van der Waals surface area (Å²) in [7, 11) is 0. The van der Waals surface area contributed by atoms with Crippen LogP contribution in [0, 0.1) is 5.41 Å². The summed E-state index contributed by atoms with van der Waals surface area (Å²) in [4.78, 5) is 14.9. The van der Waals surface area contributed by atoms with E-state index in [1.807, 2.05) is 35.0 Å². The normalized spacial score (nSPS) is 29.2. The van der Waals surface area contributed by atoms with Crippen LogP contribution in [0.25, 0.3) is 0 Å². The number of carbonyl (C=O) groups is 1. The molecule has 1 aromatic carbocycles. The van der Waals surface area contributed by atoms with Gasteiger partial charge in [0.05, 0.1) is 12.2 Å². The first-order chi connectivity index (χ1) is 11.2. The lowest BCUT2D eigenvalue weighted by molar-refractivity contribution is 0.0571. The molecular weight excluding hydrogens is 306 g/mol. The van der Waals surface area contributed by atoms with Crippen molar-refractivity contribution in [3.05, 3.63) is 58.3 Å². The zero-order valence-corrected chi connectivity index (χ0v) is 13.8. The van der Waals surface area contributed by atoms with Gasteiger partial charge in [0.25, 0.3) is 5.91 Å². The molecule has 1 aromatic heterocycles. The molecule has 23 heavy (non-hydrogen) atoms. The SMILES string of the molecule is O=C(c1ccsc1)N1[C@H]2CC[C@@H]1[C@@](CO)(Cc1ccccc1)C2. The molecule has 4 rings (SSSR count). The van der Waals surface area contributed by atoms with Crippen molar-refractivity contribution in [2.75, 3.05) is 6.61 Å². The molecule has 2 saturated heterocycles. The zero-order valence-electron chi connectivity index (χ0n) is 13.0. The third-order valence-electron chi connectivity index (χ3n) is 5.57. The Morgan fingerprint density at radius 2 is 2.09 bits per heavy atom. The molecule has 2 aliphatic rings. The molecular formula is C19H21NO2S. The third kappa shape index (κ3) is 2.41. The van der Waals surface area contributed by atoms with E-state index in [4.69, 9.17) is 0 Å². The minimum atomic E-state index is -0.185. The second-order valence-electron chi connectivity index (χ2n) is 6.86. The number of nitrogens with zero attached hydrogens (tertiary/aromatic N) is 1. The minimum absolute atomic E-state index is 0.141. The molecule has 2 aliphatic heterocycles. The van der Waals surface area contributed by atoms with Crippen LogP contribution in [-0.4, -0.2) is 34.6 Å². The summed E-state index contributed by atoms with van der Waals surface area (Å²) in [6, 6.07) is 12.7. The number of aliphatic hydroxyl groups excluding tert-OH is 1. The fraction of sp³-hybridized carbons (Fsp3) is 0.421. The Morgan fingerprint density at radius 3 is 2.78 bits per heavy atom. The van der Waals surface area contributed by atoms with E-state index in [1.54, 1.807) is 11.3 Å². The van der Waals surface area contributed by atoms with E-state index in [2.05, 4.69) is 17.0 Å². The summed E-state index contributed by atoms with van der Waals surface area (Å²) < 4.78 is 0. The second-order valence-corrected chi connectivity index (χ2v) is 7.64. The van der Waals surface area contributed by atoms with Gasteiger partial charge in [-0.25, -0.2) is 0 Å². The van der Waals surface area contributed by atoms with Crippen LogP contribution in [0.2, 0.25) is 0 Å². The summed E-state index contributed by atoms with van der Waals surface area (Å²) in [5.74, 6) is 0.141. The van der Waals surface area contributed by atoms with Crippen LogP contribution in [0.5, 0.6) is 0 Å². The van der Waals surface area contributed by atoms with Crippen molar-refractivity contribution >= 4 is 17.2 Å². The van der Waals surface area contributed by atoms with E-state index in [-0.39, 0.29) is 30.0 Å². The molecule has 0 radical (unpaired) electrons. The van der Waals surface area contributed by atoms with E-state index < -0.39 is 0 Å². The van der Waals surface area contributed by atoms with Crippen molar-refractivity contribution in [2.24, 2.45) is 5.41 Å². The Morgan fingerprint density at radius 1 is 1.26 bits per heavy atom. The highest BCUT2D eigenvalue weighted by molar-refractivity contribution is 7.08. The molecule has 2 bridgehead atoms. The highest BCUT2D eigenvalue weighted by Gasteiger charge is 2.57. The van der Waals surface area contributed by atoms with Gasteiger partial charge in [0.2, 0.25) is 0 Å². The number of hydrogen-bond acceptors (Lipinski definition) is 3. The van der Waals surface area contributed by atoms with Crippen LogP contribution in [0.3, 0.4) is 0 Å². The third-order valence-corrected chi connectivity index (χ3v) is 6.25. The van der Waals surface area contributed by atoms with Crippen LogP contribution in [-0.2, 0) is 6.42 Å². The highest BCUT2D eigenvalue weighted by Crippen LogP contribution is 2.51. The van der Waals surface area contributed by atoms with Crippen molar-refractivity contribution in [1.82, 2.24) is 4.90 Å². The van der Waals surface area contributed by atoms with Gasteiger partial charge in [0, 0.05) is 22.9 Å². The molecule has 0 spiro atoms. The van der Waals surface area contributed by atoms with E-state index in [0.29, 0.717) is 0 Å². The van der Waals surface area contributed by atoms with Gasteiger partial charge in [-0.15, -0.1) is 0 Å². The van der Waals surface area contributed by atoms with Crippen molar-refractivity contribution < 1.29 is 9.90 Å². The summed E-state index contributed by atoms with van der Waals surface area (Å²) in [6.07, 6.45) is 3.84. The highest BCUT2D eigenvalue weighted by atomic mass is 32.1. The Bertz CT molecular complexity index is 685. The first kappa shape index (κ1) is 14.9. The molecule has 3 heterocycles. The molecule has 120 valence electrons. The van der Waals surface area contributed by atoms with Gasteiger partial charge in [0.1, 0.15) is 0 Å². The number of fused-ring (bicyclic) bond motifs is 2. The quantitative estimate of drug-likeness (QED) is 0.935. The average Bonchev–Trinajstić information content (AvgIpc) is 3.30. The predicted octanol–water partition coefficient (Wildman–Crippen LogP) is 3.35. The van der Waals surface area contributed by atoms with Crippen molar-refractivity contribution in [2.45, 2.75) is 37.8 Å². The maximum absolute atomic E-state index is 12.9. The Kier molecular flexibility index (Phi) is 3.74. The van der Waals surface area contributed by atoms with E-state index >= 15 is 0 Å². The molecule has 1 amide bonds. The lowest BCUT2D eigenvalue weighted by Gasteiger charge is -2.36. The van der Waals surface area contributed by atoms with Gasteiger partial charge in [-0.1, -0.05) is 30.3 Å². The molecule has 0 aliphatic carbocycles. The number of aliphatic hydroxyl groups is 1. The molecule has 4 heteroatoms. The zero-order chi connectivity index (χ0) is 15.9. The standard InChI is InChI=1S/C19H21NO2S/c21-13-19(10-14-4-2-1-3-5-14)11-16-6-7-17(19)20(16)18(22)15-8-9-23-12-15/h1-5,8-9,12,16-17,21H,6-7,10-11,13H2/t16-,17+,19-/m0/s1. The summed E-state index contributed by atoms with van der Waals surface area (Å²) in [5.41, 5.74) is 1.85. The largest absolute Gasteiger partial charge is 0.396 e. The topological polar surface area (TPSA) is 40.5 Å². The molecule has 0 saturated carbocycles. The van der Waals surface area contributed by atoms with Crippen molar-refractivity contribution in [3.8, 4) is 0 Å². The van der Waals surface area contributed by atoms with Gasteiger partial charge in [-0.3, -0.25) is 4.79 Å². The van der Waals surface area contributed by atoms with E-state index in [9.17, 15) is 9.90 Å². The minimum Gasteiger partial charge on any atom is -0.396 e. The monoisotopic (exact) mass is 327 g/mol. The maximum atomic E-state index is 12.9. The van der Waals surface area contributed by atoms with E-state index in [1.165, 1.54) is 5.56 Å². The number of hydrogen-bond donors (Lipinski definition) is 1. The van der Waals surface area contributed by atoms with Gasteiger partial charge in [0.15, 0.2) is 0 Å². The van der Waals surface area contributed by atoms with Crippen molar-refractivity contribution in [3.63, 3.8) is 0 Å². The van der Waals surface area contributed by atoms with Gasteiger partial charge in [-0.2, -0.15) is 11.3 Å². The molecule has 2 fully saturated rings. The van der Waals surface area contributed by atoms with Crippen LogP contribution in [0.1, 0.15) is 35.2 Å². The first-order valence-corrected chi connectivity index (χ1v) is 9.17.